The average molecular weight is 273 g/mol. The van der Waals surface area contributed by atoms with Gasteiger partial charge >= 0.3 is 0 Å². The Hall–Kier alpha value is -1.55. The van der Waals surface area contributed by atoms with Crippen molar-refractivity contribution in [3.8, 4) is 0 Å². The lowest BCUT2D eigenvalue weighted by molar-refractivity contribution is 0.0991. The number of likely N-dealkylation sites (tertiary alicyclic amines) is 1. The van der Waals surface area contributed by atoms with Gasteiger partial charge in [0.25, 0.3) is 0 Å². The van der Waals surface area contributed by atoms with Gasteiger partial charge in [-0.05, 0) is 43.9 Å². The van der Waals surface area contributed by atoms with Gasteiger partial charge in [0.1, 0.15) is 5.76 Å². The number of furan rings is 1. The van der Waals surface area contributed by atoms with Crippen LogP contribution in [-0.4, -0.2) is 27.5 Å². The summed E-state index contributed by atoms with van der Waals surface area (Å²) in [6, 6.07) is 4.57. The summed E-state index contributed by atoms with van der Waals surface area (Å²) in [5.74, 6) is 1.91. The van der Waals surface area contributed by atoms with E-state index in [2.05, 4.69) is 27.4 Å². The van der Waals surface area contributed by atoms with Crippen molar-refractivity contribution in [2.45, 2.75) is 38.8 Å². The van der Waals surface area contributed by atoms with Crippen molar-refractivity contribution in [2.75, 3.05) is 13.1 Å². The van der Waals surface area contributed by atoms with Crippen LogP contribution >= 0.6 is 0 Å². The summed E-state index contributed by atoms with van der Waals surface area (Å²) < 4.78 is 7.79. The molecule has 2 aromatic rings. The van der Waals surface area contributed by atoms with Gasteiger partial charge in [0.05, 0.1) is 18.6 Å². The summed E-state index contributed by atoms with van der Waals surface area (Å²) in [5, 5.41) is 0. The molecule has 1 aliphatic heterocycles. The third-order valence-electron chi connectivity index (χ3n) is 4.27. The zero-order chi connectivity index (χ0) is 13.8. The molecule has 0 amide bonds. The first-order valence-electron chi connectivity index (χ1n) is 7.56. The Kier molecular flexibility index (Phi) is 4.21. The van der Waals surface area contributed by atoms with E-state index in [1.807, 2.05) is 24.8 Å². The fraction of sp³-hybridized carbons (Fsp3) is 0.562. The monoisotopic (exact) mass is 273 g/mol. The molecule has 0 aliphatic carbocycles. The molecule has 1 saturated heterocycles. The Labute approximate surface area is 120 Å². The van der Waals surface area contributed by atoms with Gasteiger partial charge in [-0.1, -0.05) is 6.92 Å². The summed E-state index contributed by atoms with van der Waals surface area (Å²) in [6.45, 7) is 5.68. The first-order chi connectivity index (χ1) is 9.83. The molecule has 0 saturated carbocycles. The first-order valence-corrected chi connectivity index (χ1v) is 7.56. The minimum atomic E-state index is 0.455. The lowest BCUT2D eigenvalue weighted by atomic mass is 9.91. The smallest absolute Gasteiger partial charge is 0.120 e. The zero-order valence-electron chi connectivity index (χ0n) is 12.1. The molecule has 2 aromatic heterocycles. The second-order valence-corrected chi connectivity index (χ2v) is 5.85. The summed E-state index contributed by atoms with van der Waals surface area (Å²) >= 11 is 0. The number of nitrogens with zero attached hydrogens (tertiary/aromatic N) is 3. The van der Waals surface area contributed by atoms with Gasteiger partial charge < -0.3 is 8.98 Å². The zero-order valence-corrected chi connectivity index (χ0v) is 12.1. The molecule has 4 heteroatoms. The van der Waals surface area contributed by atoms with Gasteiger partial charge in [-0.15, -0.1) is 0 Å². The van der Waals surface area contributed by atoms with Crippen LogP contribution in [0.3, 0.4) is 0 Å². The topological polar surface area (TPSA) is 34.2 Å². The maximum atomic E-state index is 5.65. The first kappa shape index (κ1) is 13.4. The molecular formula is C16H23N3O. The fourth-order valence-corrected chi connectivity index (χ4v) is 3.11. The maximum absolute atomic E-state index is 5.65. The van der Waals surface area contributed by atoms with Crippen molar-refractivity contribution >= 4 is 0 Å². The van der Waals surface area contributed by atoms with E-state index in [1.165, 1.54) is 19.4 Å². The standard InChI is InChI=1S/C16H23N3O/c1-14-5-9-19(8-3-7-18-10-6-17-13-18)15(12-14)16-4-2-11-20-16/h2,4,6,10-11,13-15H,3,5,7-9,12H2,1H3/t14-,15-/m0/s1. The van der Waals surface area contributed by atoms with Crippen LogP contribution in [-0.2, 0) is 6.54 Å². The van der Waals surface area contributed by atoms with Crippen LogP contribution in [0, 0.1) is 5.92 Å². The highest BCUT2D eigenvalue weighted by Gasteiger charge is 2.28. The Morgan fingerprint density at radius 1 is 1.40 bits per heavy atom. The van der Waals surface area contributed by atoms with Gasteiger partial charge in [-0.3, -0.25) is 4.90 Å². The predicted octanol–water partition coefficient (Wildman–Crippen LogP) is 3.34. The molecule has 1 aliphatic rings. The van der Waals surface area contributed by atoms with Crippen molar-refractivity contribution in [3.05, 3.63) is 42.9 Å². The Bertz CT molecular complexity index is 492. The lowest BCUT2D eigenvalue weighted by Gasteiger charge is -2.37. The summed E-state index contributed by atoms with van der Waals surface area (Å²) in [7, 11) is 0. The summed E-state index contributed by atoms with van der Waals surface area (Å²) in [4.78, 5) is 6.67. The highest BCUT2D eigenvalue weighted by Crippen LogP contribution is 2.34. The molecule has 0 unspecified atom stereocenters. The molecule has 4 nitrogen and oxygen atoms in total. The molecule has 2 atom stereocenters. The molecule has 0 bridgehead atoms. The number of hydrogen-bond acceptors (Lipinski definition) is 3. The van der Waals surface area contributed by atoms with Gasteiger partial charge in [-0.2, -0.15) is 0 Å². The SMILES string of the molecule is C[C@H]1CCN(CCCn2ccnc2)[C@H](c2ccco2)C1. The fourth-order valence-electron chi connectivity index (χ4n) is 3.11. The summed E-state index contributed by atoms with van der Waals surface area (Å²) in [6.07, 6.45) is 11.2. The normalized spacial score (nSPS) is 24.1. The van der Waals surface area contributed by atoms with Gasteiger partial charge in [-0.25, -0.2) is 4.98 Å². The van der Waals surface area contributed by atoms with Crippen molar-refractivity contribution in [1.29, 1.82) is 0 Å². The largest absolute Gasteiger partial charge is 0.468 e. The Morgan fingerprint density at radius 3 is 3.10 bits per heavy atom. The molecule has 20 heavy (non-hydrogen) atoms. The van der Waals surface area contributed by atoms with Crippen LogP contribution in [0.25, 0.3) is 0 Å². The van der Waals surface area contributed by atoms with Crippen LogP contribution in [0.1, 0.15) is 38.0 Å². The van der Waals surface area contributed by atoms with Gasteiger partial charge in [0, 0.05) is 25.5 Å². The van der Waals surface area contributed by atoms with E-state index in [0.717, 1.165) is 31.2 Å². The minimum absolute atomic E-state index is 0.455. The predicted molar refractivity (Wildman–Crippen MR) is 78.3 cm³/mol. The second-order valence-electron chi connectivity index (χ2n) is 5.85. The van der Waals surface area contributed by atoms with E-state index in [1.54, 1.807) is 6.26 Å². The van der Waals surface area contributed by atoms with Crippen LogP contribution < -0.4 is 0 Å². The molecule has 108 valence electrons. The van der Waals surface area contributed by atoms with Gasteiger partial charge in [0.2, 0.25) is 0 Å². The minimum Gasteiger partial charge on any atom is -0.468 e. The number of imidazole rings is 1. The average Bonchev–Trinajstić information content (AvgIpc) is 3.12. The van der Waals surface area contributed by atoms with Crippen molar-refractivity contribution in [1.82, 2.24) is 14.5 Å². The van der Waals surface area contributed by atoms with Crippen LogP contribution in [0.4, 0.5) is 0 Å². The third-order valence-corrected chi connectivity index (χ3v) is 4.27. The van der Waals surface area contributed by atoms with Crippen LogP contribution in [0.5, 0.6) is 0 Å². The maximum Gasteiger partial charge on any atom is 0.120 e. The Morgan fingerprint density at radius 2 is 2.35 bits per heavy atom. The van der Waals surface area contributed by atoms with Crippen molar-refractivity contribution < 1.29 is 4.42 Å². The number of aromatic nitrogens is 2. The van der Waals surface area contributed by atoms with Crippen molar-refractivity contribution in [2.24, 2.45) is 5.92 Å². The highest BCUT2D eigenvalue weighted by molar-refractivity contribution is 5.06. The lowest BCUT2D eigenvalue weighted by Crippen LogP contribution is -2.37. The third kappa shape index (κ3) is 3.12. The van der Waals surface area contributed by atoms with Crippen LogP contribution in [0.2, 0.25) is 0 Å². The van der Waals surface area contributed by atoms with E-state index in [-0.39, 0.29) is 0 Å². The molecular weight excluding hydrogens is 250 g/mol. The Balaban J connectivity index is 1.58. The molecule has 0 N–H and O–H groups in total. The molecule has 0 radical (unpaired) electrons. The summed E-state index contributed by atoms with van der Waals surface area (Å²) in [5.41, 5.74) is 0. The quantitative estimate of drug-likeness (QED) is 0.838. The van der Waals surface area contributed by atoms with E-state index in [0.29, 0.717) is 6.04 Å². The second kappa shape index (κ2) is 6.27. The molecule has 3 heterocycles. The highest BCUT2D eigenvalue weighted by atomic mass is 16.3. The van der Waals surface area contributed by atoms with Gasteiger partial charge in [0.15, 0.2) is 0 Å². The molecule has 1 fully saturated rings. The molecule has 0 aromatic carbocycles. The van der Waals surface area contributed by atoms with E-state index in [9.17, 15) is 0 Å². The molecule has 3 rings (SSSR count). The number of aryl methyl sites for hydroxylation is 1. The number of hydrogen-bond donors (Lipinski definition) is 0. The molecule has 0 spiro atoms. The van der Waals surface area contributed by atoms with E-state index >= 15 is 0 Å². The number of rotatable bonds is 5. The van der Waals surface area contributed by atoms with Crippen molar-refractivity contribution in [3.63, 3.8) is 0 Å². The number of piperidine rings is 1. The van der Waals surface area contributed by atoms with E-state index in [4.69, 9.17) is 4.42 Å². The van der Waals surface area contributed by atoms with Crippen LogP contribution in [0.15, 0.2) is 41.5 Å². The van der Waals surface area contributed by atoms with E-state index < -0.39 is 0 Å².